The first-order chi connectivity index (χ1) is 6.04. The van der Waals surface area contributed by atoms with E-state index in [0.29, 0.717) is 0 Å². The fraction of sp³-hybridized carbons (Fsp3) is 0. The number of phenols is 1. The maximum absolute atomic E-state index is 12.4. The fourth-order valence-corrected chi connectivity index (χ4v) is 0.557. The third kappa shape index (κ3) is 2.88. The number of anilines is 1. The number of hydrogen-bond acceptors (Lipinski definition) is 4. The molecular formula is C7H5F2NO3. The molecule has 13 heavy (non-hydrogen) atoms. The van der Waals surface area contributed by atoms with E-state index in [1.165, 1.54) is 0 Å². The van der Waals surface area contributed by atoms with E-state index < -0.39 is 17.4 Å². The SMILES string of the molecule is Nc1ccc(F)c(O)c1F.O=C=O. The van der Waals surface area contributed by atoms with Crippen LogP contribution in [0, 0.1) is 11.6 Å². The zero-order chi connectivity index (χ0) is 10.4. The minimum atomic E-state index is -1.11. The van der Waals surface area contributed by atoms with Crippen LogP contribution in [0.15, 0.2) is 12.1 Å². The summed E-state index contributed by atoms with van der Waals surface area (Å²) in [7, 11) is 0. The first-order valence-corrected chi connectivity index (χ1v) is 2.96. The van der Waals surface area contributed by atoms with Crippen molar-refractivity contribution in [2.45, 2.75) is 0 Å². The van der Waals surface area contributed by atoms with Crippen LogP contribution >= 0.6 is 0 Å². The molecule has 4 nitrogen and oxygen atoms in total. The number of halogens is 2. The molecule has 0 saturated carbocycles. The van der Waals surface area contributed by atoms with E-state index in [0.717, 1.165) is 12.1 Å². The number of aromatic hydroxyl groups is 1. The van der Waals surface area contributed by atoms with Gasteiger partial charge in [0.25, 0.3) is 0 Å². The van der Waals surface area contributed by atoms with Crippen molar-refractivity contribution in [3.05, 3.63) is 23.8 Å². The third-order valence-electron chi connectivity index (χ3n) is 1.10. The Labute approximate surface area is 71.6 Å². The standard InChI is InChI=1S/C6H5F2NO.CO2/c7-3-1-2-4(9)5(8)6(3)10;2-1-3/h1-2,10H,9H2;. The minimum absolute atomic E-state index is 0.250. The number of nitrogens with two attached hydrogens (primary N) is 1. The van der Waals surface area contributed by atoms with Gasteiger partial charge in [0, 0.05) is 0 Å². The van der Waals surface area contributed by atoms with Crippen LogP contribution in [0.3, 0.4) is 0 Å². The maximum atomic E-state index is 12.4. The zero-order valence-corrected chi connectivity index (χ0v) is 6.25. The number of hydrogen-bond donors (Lipinski definition) is 2. The third-order valence-corrected chi connectivity index (χ3v) is 1.10. The molecule has 0 fully saturated rings. The van der Waals surface area contributed by atoms with Crippen LogP contribution in [0.4, 0.5) is 14.5 Å². The van der Waals surface area contributed by atoms with E-state index in [2.05, 4.69) is 0 Å². The van der Waals surface area contributed by atoms with Crippen LogP contribution in [0.1, 0.15) is 0 Å². The van der Waals surface area contributed by atoms with Crippen molar-refractivity contribution in [3.8, 4) is 5.75 Å². The first-order valence-electron chi connectivity index (χ1n) is 2.96. The van der Waals surface area contributed by atoms with Crippen LogP contribution in [0.25, 0.3) is 0 Å². The number of rotatable bonds is 0. The van der Waals surface area contributed by atoms with E-state index in [9.17, 15) is 8.78 Å². The molecule has 0 unspecified atom stereocenters. The number of carbonyl (C=O) groups excluding carboxylic acids is 2. The second-order valence-electron chi connectivity index (χ2n) is 1.88. The van der Waals surface area contributed by atoms with Gasteiger partial charge in [-0.25, -0.2) is 8.78 Å². The lowest BCUT2D eigenvalue weighted by Gasteiger charge is -1.98. The van der Waals surface area contributed by atoms with Crippen molar-refractivity contribution in [1.82, 2.24) is 0 Å². The molecule has 0 aliphatic heterocycles. The lowest BCUT2D eigenvalue weighted by Crippen LogP contribution is -1.91. The summed E-state index contributed by atoms with van der Waals surface area (Å²) in [6, 6.07) is 1.94. The molecule has 1 aromatic rings. The molecule has 0 atom stereocenters. The Bertz CT molecular complexity index is 308. The van der Waals surface area contributed by atoms with Gasteiger partial charge >= 0.3 is 6.15 Å². The summed E-state index contributed by atoms with van der Waals surface area (Å²) in [4.78, 5) is 16.2. The maximum Gasteiger partial charge on any atom is 0.373 e. The molecule has 0 aliphatic carbocycles. The molecule has 6 heteroatoms. The molecule has 3 N–H and O–H groups in total. The quantitative estimate of drug-likeness (QED) is 0.587. The van der Waals surface area contributed by atoms with E-state index in [1.807, 2.05) is 0 Å². The predicted octanol–water partition coefficient (Wildman–Crippen LogP) is 0.669. The van der Waals surface area contributed by atoms with Crippen LogP contribution in [0.2, 0.25) is 0 Å². The van der Waals surface area contributed by atoms with Crippen LogP contribution in [-0.4, -0.2) is 11.3 Å². The van der Waals surface area contributed by atoms with Gasteiger partial charge in [0.2, 0.25) is 0 Å². The summed E-state index contributed by atoms with van der Waals surface area (Å²) in [5.41, 5.74) is 4.72. The molecule has 70 valence electrons. The Morgan fingerprint density at radius 3 is 2.15 bits per heavy atom. The number of nitrogen functional groups attached to an aromatic ring is 1. The van der Waals surface area contributed by atoms with Gasteiger partial charge in [-0.3, -0.25) is 0 Å². The van der Waals surface area contributed by atoms with E-state index >= 15 is 0 Å². The van der Waals surface area contributed by atoms with Crippen molar-refractivity contribution in [2.24, 2.45) is 0 Å². The summed E-state index contributed by atoms with van der Waals surface area (Å²) in [6.45, 7) is 0. The summed E-state index contributed by atoms with van der Waals surface area (Å²) < 4.78 is 24.6. The highest BCUT2D eigenvalue weighted by atomic mass is 19.1. The molecular weight excluding hydrogens is 184 g/mol. The Morgan fingerprint density at radius 1 is 1.31 bits per heavy atom. The van der Waals surface area contributed by atoms with Crippen molar-refractivity contribution in [1.29, 1.82) is 0 Å². The minimum Gasteiger partial charge on any atom is -0.503 e. The predicted molar refractivity (Wildman–Crippen MR) is 37.4 cm³/mol. The number of benzene rings is 1. The van der Waals surface area contributed by atoms with Crippen LogP contribution in [0.5, 0.6) is 5.75 Å². The van der Waals surface area contributed by atoms with Gasteiger partial charge in [0.15, 0.2) is 17.4 Å². The first kappa shape index (κ1) is 11.1. The molecule has 0 radical (unpaired) electrons. The molecule has 0 aliphatic rings. The lowest BCUT2D eigenvalue weighted by atomic mass is 10.3. The summed E-state index contributed by atoms with van der Waals surface area (Å²) in [5.74, 6) is -3.15. The number of phenolic OH excluding ortho intramolecular Hbond substituents is 1. The average molecular weight is 189 g/mol. The molecule has 0 bridgehead atoms. The second kappa shape index (κ2) is 4.84. The lowest BCUT2D eigenvalue weighted by molar-refractivity contribution is -0.191. The van der Waals surface area contributed by atoms with Gasteiger partial charge < -0.3 is 10.8 Å². The van der Waals surface area contributed by atoms with Crippen molar-refractivity contribution < 1.29 is 23.5 Å². The monoisotopic (exact) mass is 189 g/mol. The largest absolute Gasteiger partial charge is 0.503 e. The average Bonchev–Trinajstić information content (AvgIpc) is 2.10. The van der Waals surface area contributed by atoms with Gasteiger partial charge in [0.1, 0.15) is 0 Å². The van der Waals surface area contributed by atoms with Gasteiger partial charge in [-0.1, -0.05) is 0 Å². The highest BCUT2D eigenvalue weighted by Gasteiger charge is 2.08. The molecule has 1 aromatic carbocycles. The summed E-state index contributed by atoms with van der Waals surface area (Å²) >= 11 is 0. The Balaban J connectivity index is 0.000000424. The van der Waals surface area contributed by atoms with E-state index in [-0.39, 0.29) is 11.8 Å². The van der Waals surface area contributed by atoms with Gasteiger partial charge in [0.05, 0.1) is 5.69 Å². The van der Waals surface area contributed by atoms with E-state index in [1.54, 1.807) is 0 Å². The van der Waals surface area contributed by atoms with Crippen LogP contribution < -0.4 is 5.73 Å². The Hall–Kier alpha value is -1.94. The summed E-state index contributed by atoms with van der Waals surface area (Å²) in [6.07, 6.45) is 0.250. The molecule has 1 rings (SSSR count). The second-order valence-corrected chi connectivity index (χ2v) is 1.88. The van der Waals surface area contributed by atoms with Crippen molar-refractivity contribution >= 4 is 11.8 Å². The fourth-order valence-electron chi connectivity index (χ4n) is 0.557. The van der Waals surface area contributed by atoms with Gasteiger partial charge in [-0.15, -0.1) is 0 Å². The molecule has 0 amide bonds. The normalized spacial score (nSPS) is 8.15. The topological polar surface area (TPSA) is 80.4 Å². The van der Waals surface area contributed by atoms with Gasteiger partial charge in [-0.2, -0.15) is 9.59 Å². The molecule has 0 heterocycles. The van der Waals surface area contributed by atoms with Crippen molar-refractivity contribution in [3.63, 3.8) is 0 Å². The van der Waals surface area contributed by atoms with Gasteiger partial charge in [-0.05, 0) is 12.1 Å². The van der Waals surface area contributed by atoms with E-state index in [4.69, 9.17) is 20.4 Å². The Morgan fingerprint density at radius 2 is 1.77 bits per heavy atom. The summed E-state index contributed by atoms with van der Waals surface area (Å²) in [5, 5.41) is 8.56. The van der Waals surface area contributed by atoms with Crippen molar-refractivity contribution in [2.75, 3.05) is 5.73 Å². The Kier molecular flexibility index (Phi) is 4.12. The molecule has 0 spiro atoms. The highest BCUT2D eigenvalue weighted by Crippen LogP contribution is 2.23. The highest BCUT2D eigenvalue weighted by molar-refractivity contribution is 5.45. The van der Waals surface area contributed by atoms with Crippen LogP contribution in [-0.2, 0) is 9.59 Å². The molecule has 0 saturated heterocycles. The smallest absolute Gasteiger partial charge is 0.373 e. The molecule has 0 aromatic heterocycles. The zero-order valence-electron chi connectivity index (χ0n) is 6.25.